The second-order valence-corrected chi connectivity index (χ2v) is 5.00. The van der Waals surface area contributed by atoms with E-state index in [0.29, 0.717) is 6.61 Å². The molecule has 20 heavy (non-hydrogen) atoms. The predicted octanol–water partition coefficient (Wildman–Crippen LogP) is 4.73. The zero-order valence-corrected chi connectivity index (χ0v) is 12.8. The number of halogens is 1. The van der Waals surface area contributed by atoms with Gasteiger partial charge in [0.05, 0.1) is 19.1 Å². The van der Waals surface area contributed by atoms with Crippen LogP contribution in [0, 0.1) is 6.92 Å². The van der Waals surface area contributed by atoms with Gasteiger partial charge in [-0.15, -0.1) is 11.6 Å². The lowest BCUT2D eigenvalue weighted by molar-refractivity contribution is 0.337. The molecule has 2 aromatic rings. The van der Waals surface area contributed by atoms with Crippen LogP contribution in [0.25, 0.3) is 0 Å². The first kappa shape index (κ1) is 14.7. The predicted molar refractivity (Wildman–Crippen MR) is 83.0 cm³/mol. The summed E-state index contributed by atoms with van der Waals surface area (Å²) in [5.74, 6) is 1.71. The summed E-state index contributed by atoms with van der Waals surface area (Å²) in [5.41, 5.74) is 3.10. The second kappa shape index (κ2) is 6.67. The van der Waals surface area contributed by atoms with Crippen molar-refractivity contribution in [1.29, 1.82) is 0 Å². The van der Waals surface area contributed by atoms with E-state index in [4.69, 9.17) is 21.1 Å². The molecule has 2 rings (SSSR count). The van der Waals surface area contributed by atoms with Crippen molar-refractivity contribution in [3.63, 3.8) is 0 Å². The van der Waals surface area contributed by atoms with Crippen molar-refractivity contribution in [2.24, 2.45) is 0 Å². The van der Waals surface area contributed by atoms with Gasteiger partial charge in [0.25, 0.3) is 0 Å². The van der Waals surface area contributed by atoms with Crippen molar-refractivity contribution in [3.05, 3.63) is 59.2 Å². The van der Waals surface area contributed by atoms with Crippen LogP contribution in [0.5, 0.6) is 11.5 Å². The number of alkyl halides is 1. The van der Waals surface area contributed by atoms with E-state index in [0.717, 1.165) is 28.2 Å². The highest BCUT2D eigenvalue weighted by atomic mass is 35.5. The maximum atomic E-state index is 6.62. The molecule has 3 heteroatoms. The SMILES string of the molecule is CCOc1ccccc1C(Cl)c1ccc(OC)c(C)c1. The van der Waals surface area contributed by atoms with Gasteiger partial charge < -0.3 is 9.47 Å². The molecule has 106 valence electrons. The van der Waals surface area contributed by atoms with Crippen LogP contribution in [0.1, 0.15) is 29.0 Å². The van der Waals surface area contributed by atoms with E-state index in [2.05, 4.69) is 6.07 Å². The third-order valence-corrected chi connectivity index (χ3v) is 3.69. The molecule has 2 aromatic carbocycles. The van der Waals surface area contributed by atoms with Crippen LogP contribution in [-0.4, -0.2) is 13.7 Å². The van der Waals surface area contributed by atoms with E-state index in [-0.39, 0.29) is 5.38 Å². The average Bonchev–Trinajstić information content (AvgIpc) is 2.47. The van der Waals surface area contributed by atoms with Gasteiger partial charge >= 0.3 is 0 Å². The number of hydrogen-bond donors (Lipinski definition) is 0. The Labute approximate surface area is 125 Å². The van der Waals surface area contributed by atoms with Gasteiger partial charge in [-0.05, 0) is 37.1 Å². The first-order chi connectivity index (χ1) is 9.67. The zero-order chi connectivity index (χ0) is 14.5. The molecule has 0 aliphatic carbocycles. The minimum atomic E-state index is -0.234. The fourth-order valence-electron chi connectivity index (χ4n) is 2.22. The first-order valence-corrected chi connectivity index (χ1v) is 7.11. The Balaban J connectivity index is 2.36. The average molecular weight is 291 g/mol. The van der Waals surface area contributed by atoms with Gasteiger partial charge in [0.2, 0.25) is 0 Å². The van der Waals surface area contributed by atoms with Crippen LogP contribution in [0.3, 0.4) is 0 Å². The highest BCUT2D eigenvalue weighted by molar-refractivity contribution is 6.22. The molecule has 0 radical (unpaired) electrons. The van der Waals surface area contributed by atoms with Gasteiger partial charge in [-0.25, -0.2) is 0 Å². The first-order valence-electron chi connectivity index (χ1n) is 6.67. The molecule has 0 aliphatic heterocycles. The number of para-hydroxylation sites is 1. The molecule has 0 spiro atoms. The summed E-state index contributed by atoms with van der Waals surface area (Å²) in [5, 5.41) is -0.234. The Morgan fingerprint density at radius 1 is 1.10 bits per heavy atom. The highest BCUT2D eigenvalue weighted by Crippen LogP contribution is 2.36. The van der Waals surface area contributed by atoms with Crippen LogP contribution in [0.4, 0.5) is 0 Å². The fraction of sp³-hybridized carbons (Fsp3) is 0.294. The number of ether oxygens (including phenoxy) is 2. The molecular weight excluding hydrogens is 272 g/mol. The summed E-state index contributed by atoms with van der Waals surface area (Å²) in [6.07, 6.45) is 0. The van der Waals surface area contributed by atoms with Crippen molar-refractivity contribution in [1.82, 2.24) is 0 Å². The minimum absolute atomic E-state index is 0.234. The van der Waals surface area contributed by atoms with Gasteiger partial charge in [-0.1, -0.05) is 30.3 Å². The monoisotopic (exact) mass is 290 g/mol. The van der Waals surface area contributed by atoms with Crippen molar-refractivity contribution in [2.45, 2.75) is 19.2 Å². The van der Waals surface area contributed by atoms with Gasteiger partial charge in [-0.2, -0.15) is 0 Å². The quantitative estimate of drug-likeness (QED) is 0.741. The molecule has 1 atom stereocenters. The van der Waals surface area contributed by atoms with E-state index in [9.17, 15) is 0 Å². The highest BCUT2D eigenvalue weighted by Gasteiger charge is 2.16. The van der Waals surface area contributed by atoms with E-state index < -0.39 is 0 Å². The van der Waals surface area contributed by atoms with E-state index in [1.807, 2.05) is 50.2 Å². The number of aryl methyl sites for hydroxylation is 1. The minimum Gasteiger partial charge on any atom is -0.496 e. The lowest BCUT2D eigenvalue weighted by Crippen LogP contribution is -2.00. The smallest absolute Gasteiger partial charge is 0.124 e. The van der Waals surface area contributed by atoms with Crippen LogP contribution < -0.4 is 9.47 Å². The molecule has 0 aliphatic rings. The third-order valence-electron chi connectivity index (χ3n) is 3.20. The Morgan fingerprint density at radius 3 is 2.50 bits per heavy atom. The molecule has 0 heterocycles. The Morgan fingerprint density at radius 2 is 1.85 bits per heavy atom. The van der Waals surface area contributed by atoms with Gasteiger partial charge in [-0.3, -0.25) is 0 Å². The fourth-order valence-corrected chi connectivity index (χ4v) is 2.53. The number of rotatable bonds is 5. The molecular formula is C17H19ClO2. The maximum absolute atomic E-state index is 6.62. The van der Waals surface area contributed by atoms with Crippen molar-refractivity contribution in [2.75, 3.05) is 13.7 Å². The summed E-state index contributed by atoms with van der Waals surface area (Å²) < 4.78 is 10.9. The summed E-state index contributed by atoms with van der Waals surface area (Å²) in [6, 6.07) is 13.9. The Bertz CT molecular complexity index is 581. The van der Waals surface area contributed by atoms with Crippen molar-refractivity contribution in [3.8, 4) is 11.5 Å². The van der Waals surface area contributed by atoms with Crippen LogP contribution in [0.2, 0.25) is 0 Å². The summed E-state index contributed by atoms with van der Waals surface area (Å²) in [7, 11) is 1.67. The van der Waals surface area contributed by atoms with Crippen LogP contribution in [0.15, 0.2) is 42.5 Å². The van der Waals surface area contributed by atoms with Crippen molar-refractivity contribution >= 4 is 11.6 Å². The summed E-state index contributed by atoms with van der Waals surface area (Å²) in [4.78, 5) is 0. The number of benzene rings is 2. The molecule has 0 aromatic heterocycles. The lowest BCUT2D eigenvalue weighted by Gasteiger charge is -2.16. The standard InChI is InChI=1S/C17H19ClO2/c1-4-20-16-8-6-5-7-14(16)17(18)13-9-10-15(19-3)12(2)11-13/h5-11,17H,4H2,1-3H3. The third kappa shape index (κ3) is 3.07. The van der Waals surface area contributed by atoms with Gasteiger partial charge in [0, 0.05) is 5.56 Å². The Kier molecular flexibility index (Phi) is 4.91. The van der Waals surface area contributed by atoms with Crippen molar-refractivity contribution < 1.29 is 9.47 Å². The van der Waals surface area contributed by atoms with E-state index >= 15 is 0 Å². The molecule has 0 saturated carbocycles. The number of methoxy groups -OCH3 is 1. The second-order valence-electron chi connectivity index (χ2n) is 4.56. The van der Waals surface area contributed by atoms with Gasteiger partial charge in [0.15, 0.2) is 0 Å². The summed E-state index contributed by atoms with van der Waals surface area (Å²) >= 11 is 6.62. The van der Waals surface area contributed by atoms with E-state index in [1.165, 1.54) is 0 Å². The molecule has 0 bridgehead atoms. The zero-order valence-electron chi connectivity index (χ0n) is 12.0. The maximum Gasteiger partial charge on any atom is 0.124 e. The largest absolute Gasteiger partial charge is 0.496 e. The van der Waals surface area contributed by atoms with Gasteiger partial charge in [0.1, 0.15) is 11.5 Å². The molecule has 2 nitrogen and oxygen atoms in total. The molecule has 0 amide bonds. The number of hydrogen-bond acceptors (Lipinski definition) is 2. The van der Waals surface area contributed by atoms with Crippen LogP contribution >= 0.6 is 11.6 Å². The molecule has 1 unspecified atom stereocenters. The Hall–Kier alpha value is -1.67. The topological polar surface area (TPSA) is 18.5 Å². The normalized spacial score (nSPS) is 12.0. The molecule has 0 fully saturated rings. The summed E-state index contributed by atoms with van der Waals surface area (Å²) in [6.45, 7) is 4.61. The van der Waals surface area contributed by atoms with E-state index in [1.54, 1.807) is 7.11 Å². The lowest BCUT2D eigenvalue weighted by atomic mass is 10.0. The molecule has 0 N–H and O–H groups in total. The van der Waals surface area contributed by atoms with Crippen LogP contribution in [-0.2, 0) is 0 Å². The molecule has 0 saturated heterocycles.